The first kappa shape index (κ1) is 13.5. The third kappa shape index (κ3) is 4.94. The summed E-state index contributed by atoms with van der Waals surface area (Å²) in [6.45, 7) is 4.96. The molecule has 0 aromatic rings. The Labute approximate surface area is 98.8 Å². The molecule has 4 heteroatoms. The topological polar surface area (TPSA) is 44.4 Å². The molecule has 0 aliphatic carbocycles. The van der Waals surface area contributed by atoms with E-state index in [2.05, 4.69) is 22.5 Å². The quantitative estimate of drug-likeness (QED) is 0.716. The fraction of sp³-hybridized carbons (Fsp3) is 0.917. The Kier molecular flexibility index (Phi) is 5.77. The Morgan fingerprint density at radius 1 is 1.56 bits per heavy atom. The molecule has 0 saturated carbocycles. The van der Waals surface area contributed by atoms with E-state index in [-0.39, 0.29) is 5.91 Å². The lowest BCUT2D eigenvalue weighted by Crippen LogP contribution is -2.40. The monoisotopic (exact) mass is 227 g/mol. The van der Waals surface area contributed by atoms with Crippen molar-refractivity contribution in [2.45, 2.75) is 32.2 Å². The van der Waals surface area contributed by atoms with Crippen LogP contribution in [0.25, 0.3) is 0 Å². The minimum atomic E-state index is 0.197. The number of hydrogen-bond donors (Lipinski definition) is 2. The number of nitrogens with zero attached hydrogens (tertiary/aromatic N) is 1. The van der Waals surface area contributed by atoms with E-state index in [0.29, 0.717) is 18.4 Å². The molecular weight excluding hydrogens is 202 g/mol. The van der Waals surface area contributed by atoms with Crippen molar-refractivity contribution in [3.63, 3.8) is 0 Å². The first-order chi connectivity index (χ1) is 7.59. The molecule has 1 saturated heterocycles. The lowest BCUT2D eigenvalue weighted by atomic mass is 9.96. The fourth-order valence-corrected chi connectivity index (χ4v) is 1.88. The Morgan fingerprint density at radius 3 is 2.88 bits per heavy atom. The second-order valence-corrected chi connectivity index (χ2v) is 5.03. The Balaban J connectivity index is 2.14. The third-order valence-corrected chi connectivity index (χ3v) is 3.35. The van der Waals surface area contributed by atoms with E-state index in [1.807, 2.05) is 14.1 Å². The summed E-state index contributed by atoms with van der Waals surface area (Å²) in [5, 5.41) is 6.34. The normalized spacial score (nSPS) is 23.1. The number of nitrogens with one attached hydrogen (secondary N) is 2. The number of piperidine rings is 1. The zero-order valence-electron chi connectivity index (χ0n) is 10.8. The average molecular weight is 227 g/mol. The van der Waals surface area contributed by atoms with Gasteiger partial charge in [0.1, 0.15) is 0 Å². The zero-order chi connectivity index (χ0) is 12.0. The summed E-state index contributed by atoms with van der Waals surface area (Å²) in [5.41, 5.74) is 0. The van der Waals surface area contributed by atoms with Crippen LogP contribution in [-0.4, -0.2) is 50.6 Å². The lowest BCUT2D eigenvalue weighted by molar-refractivity contribution is -0.122. The van der Waals surface area contributed by atoms with Gasteiger partial charge in [-0.15, -0.1) is 0 Å². The summed E-state index contributed by atoms with van der Waals surface area (Å²) < 4.78 is 0. The number of rotatable bonds is 5. The number of likely N-dealkylation sites (N-methyl/N-ethyl adjacent to an activating group) is 1. The summed E-state index contributed by atoms with van der Waals surface area (Å²) in [6.07, 6.45) is 3.06. The minimum absolute atomic E-state index is 0.197. The molecule has 2 N–H and O–H groups in total. The van der Waals surface area contributed by atoms with Crippen LogP contribution in [0.2, 0.25) is 0 Å². The highest BCUT2D eigenvalue weighted by atomic mass is 16.1. The second-order valence-electron chi connectivity index (χ2n) is 5.03. The van der Waals surface area contributed by atoms with Gasteiger partial charge in [0.25, 0.3) is 0 Å². The van der Waals surface area contributed by atoms with Gasteiger partial charge >= 0.3 is 0 Å². The summed E-state index contributed by atoms with van der Waals surface area (Å²) in [4.78, 5) is 13.8. The molecule has 16 heavy (non-hydrogen) atoms. The van der Waals surface area contributed by atoms with Crippen LogP contribution in [0, 0.1) is 5.92 Å². The van der Waals surface area contributed by atoms with Gasteiger partial charge in [0.2, 0.25) is 5.91 Å². The van der Waals surface area contributed by atoms with Crippen LogP contribution in [0.4, 0.5) is 0 Å². The molecule has 1 aliphatic rings. The molecule has 1 fully saturated rings. The fourth-order valence-electron chi connectivity index (χ4n) is 1.88. The molecule has 0 aromatic carbocycles. The molecule has 1 amide bonds. The van der Waals surface area contributed by atoms with E-state index in [4.69, 9.17) is 0 Å². The maximum Gasteiger partial charge on any atom is 0.220 e. The Hall–Kier alpha value is -0.610. The molecule has 1 rings (SSSR count). The van der Waals surface area contributed by atoms with Crippen LogP contribution >= 0.6 is 0 Å². The molecule has 2 atom stereocenters. The molecule has 0 radical (unpaired) electrons. The maximum absolute atomic E-state index is 11.7. The van der Waals surface area contributed by atoms with Crippen LogP contribution in [-0.2, 0) is 4.79 Å². The van der Waals surface area contributed by atoms with Crippen molar-refractivity contribution >= 4 is 5.91 Å². The molecule has 1 heterocycles. The average Bonchev–Trinajstić information content (AvgIpc) is 2.27. The van der Waals surface area contributed by atoms with Crippen molar-refractivity contribution in [1.29, 1.82) is 0 Å². The first-order valence-electron chi connectivity index (χ1n) is 6.23. The van der Waals surface area contributed by atoms with E-state index in [0.717, 1.165) is 19.6 Å². The molecule has 4 nitrogen and oxygen atoms in total. The molecule has 0 aromatic heterocycles. The molecule has 1 aliphatic heterocycles. The van der Waals surface area contributed by atoms with Crippen molar-refractivity contribution < 1.29 is 4.79 Å². The second kappa shape index (κ2) is 6.86. The summed E-state index contributed by atoms with van der Waals surface area (Å²) >= 11 is 0. The van der Waals surface area contributed by atoms with Gasteiger partial charge in [-0.1, -0.05) is 0 Å². The zero-order valence-corrected chi connectivity index (χ0v) is 10.8. The smallest absolute Gasteiger partial charge is 0.220 e. The maximum atomic E-state index is 11.7. The van der Waals surface area contributed by atoms with E-state index in [1.54, 1.807) is 0 Å². The van der Waals surface area contributed by atoms with Crippen LogP contribution in [0.1, 0.15) is 26.2 Å². The predicted molar refractivity (Wildman–Crippen MR) is 66.4 cm³/mol. The minimum Gasteiger partial charge on any atom is -0.355 e. The van der Waals surface area contributed by atoms with E-state index in [1.165, 1.54) is 12.8 Å². The van der Waals surface area contributed by atoms with Gasteiger partial charge in [0, 0.05) is 19.0 Å². The number of amides is 1. The van der Waals surface area contributed by atoms with Gasteiger partial charge in [-0.3, -0.25) is 4.79 Å². The van der Waals surface area contributed by atoms with Gasteiger partial charge in [-0.2, -0.15) is 0 Å². The molecule has 0 bridgehead atoms. The number of hydrogen-bond acceptors (Lipinski definition) is 3. The van der Waals surface area contributed by atoms with Gasteiger partial charge < -0.3 is 15.5 Å². The molecule has 2 unspecified atom stereocenters. The van der Waals surface area contributed by atoms with E-state index >= 15 is 0 Å². The highest BCUT2D eigenvalue weighted by Gasteiger charge is 2.16. The van der Waals surface area contributed by atoms with E-state index < -0.39 is 0 Å². The van der Waals surface area contributed by atoms with Crippen LogP contribution in [0.15, 0.2) is 0 Å². The highest BCUT2D eigenvalue weighted by Crippen LogP contribution is 2.13. The predicted octanol–water partition coefficient (Wildman–Crippen LogP) is 0.442. The molecule has 0 spiro atoms. The van der Waals surface area contributed by atoms with E-state index in [9.17, 15) is 4.79 Å². The Morgan fingerprint density at radius 2 is 2.31 bits per heavy atom. The summed E-state index contributed by atoms with van der Waals surface area (Å²) in [7, 11) is 4.06. The van der Waals surface area contributed by atoms with Crippen LogP contribution in [0.3, 0.4) is 0 Å². The van der Waals surface area contributed by atoms with Crippen molar-refractivity contribution in [2.24, 2.45) is 5.92 Å². The third-order valence-electron chi connectivity index (χ3n) is 3.35. The number of carbonyl (C=O) groups is 1. The SMILES string of the molecule is CC(CNC(=O)CC1CCCNC1)N(C)C. The molecular formula is C12H25N3O. The first-order valence-corrected chi connectivity index (χ1v) is 6.23. The van der Waals surface area contributed by atoms with Crippen LogP contribution in [0.5, 0.6) is 0 Å². The van der Waals surface area contributed by atoms with Crippen molar-refractivity contribution in [3.05, 3.63) is 0 Å². The highest BCUT2D eigenvalue weighted by molar-refractivity contribution is 5.76. The summed E-state index contributed by atoms with van der Waals surface area (Å²) in [6, 6.07) is 0.397. The Bertz CT molecular complexity index is 212. The van der Waals surface area contributed by atoms with Gasteiger partial charge in [0.05, 0.1) is 0 Å². The number of carbonyl (C=O) groups excluding carboxylic acids is 1. The van der Waals surface area contributed by atoms with Gasteiger partial charge in [0.15, 0.2) is 0 Å². The standard InChI is InChI=1S/C12H25N3O/c1-10(15(2)3)8-14-12(16)7-11-5-4-6-13-9-11/h10-11,13H,4-9H2,1-3H3,(H,14,16). The summed E-state index contributed by atoms with van der Waals surface area (Å²) in [5.74, 6) is 0.728. The van der Waals surface area contributed by atoms with Crippen LogP contribution < -0.4 is 10.6 Å². The largest absolute Gasteiger partial charge is 0.355 e. The van der Waals surface area contributed by atoms with Crippen molar-refractivity contribution in [3.8, 4) is 0 Å². The molecule has 94 valence electrons. The van der Waals surface area contributed by atoms with Gasteiger partial charge in [-0.25, -0.2) is 0 Å². The van der Waals surface area contributed by atoms with Gasteiger partial charge in [-0.05, 0) is 52.9 Å². The van der Waals surface area contributed by atoms with Crippen molar-refractivity contribution in [2.75, 3.05) is 33.7 Å². The van der Waals surface area contributed by atoms with Crippen molar-refractivity contribution in [1.82, 2.24) is 15.5 Å². The lowest BCUT2D eigenvalue weighted by Gasteiger charge is -2.23.